The van der Waals surface area contributed by atoms with Crippen molar-refractivity contribution in [2.24, 2.45) is 0 Å². The fourth-order valence-corrected chi connectivity index (χ4v) is 2.16. The fraction of sp³-hybridized carbons (Fsp3) is 0.500. The molecule has 0 amide bonds. The van der Waals surface area contributed by atoms with Gasteiger partial charge in [0.2, 0.25) is 0 Å². The number of aliphatic carboxylic acids is 1. The highest BCUT2D eigenvalue weighted by Crippen LogP contribution is 2.26. The van der Waals surface area contributed by atoms with E-state index < -0.39 is 12.0 Å². The molecule has 0 fully saturated rings. The molecule has 1 heterocycles. The molecule has 2 N–H and O–H groups in total. The highest BCUT2D eigenvalue weighted by Gasteiger charge is 2.24. The molecule has 0 saturated carbocycles. The van der Waals surface area contributed by atoms with E-state index in [4.69, 9.17) is 5.11 Å². The van der Waals surface area contributed by atoms with E-state index in [9.17, 15) is 4.79 Å². The third-order valence-corrected chi connectivity index (χ3v) is 3.33. The zero-order valence-electron chi connectivity index (χ0n) is 11.0. The van der Waals surface area contributed by atoms with Gasteiger partial charge in [-0.2, -0.15) is 0 Å². The Bertz CT molecular complexity index is 452. The summed E-state index contributed by atoms with van der Waals surface area (Å²) in [5.41, 5.74) is 3.82. The molecule has 0 bridgehead atoms. The van der Waals surface area contributed by atoms with Crippen LogP contribution in [0.3, 0.4) is 0 Å². The lowest BCUT2D eigenvalue weighted by atomic mass is 9.83. The van der Waals surface area contributed by atoms with Crippen molar-refractivity contribution >= 4 is 18.4 Å². The lowest BCUT2D eigenvalue weighted by molar-refractivity contribution is -0.139. The smallest absolute Gasteiger partial charge is 0.321 e. The van der Waals surface area contributed by atoms with E-state index in [0.29, 0.717) is 13.0 Å². The SMILES string of the molecule is CC(C)(C)c1ccc2c(c1)CN[C@H](C(=O)O)C2.Cl. The van der Waals surface area contributed by atoms with Gasteiger partial charge >= 0.3 is 5.97 Å². The number of hydrogen-bond acceptors (Lipinski definition) is 2. The number of carbonyl (C=O) groups is 1. The monoisotopic (exact) mass is 269 g/mol. The molecule has 0 radical (unpaired) electrons. The molecule has 0 aliphatic carbocycles. The minimum Gasteiger partial charge on any atom is -0.480 e. The Labute approximate surface area is 114 Å². The van der Waals surface area contributed by atoms with Gasteiger partial charge in [-0.1, -0.05) is 39.0 Å². The predicted octanol–water partition coefficient (Wildman–Crippen LogP) is 2.50. The van der Waals surface area contributed by atoms with Gasteiger partial charge in [-0.3, -0.25) is 4.79 Å². The Hall–Kier alpha value is -1.06. The number of hydrogen-bond donors (Lipinski definition) is 2. The first-order valence-corrected chi connectivity index (χ1v) is 5.96. The van der Waals surface area contributed by atoms with Crippen molar-refractivity contribution < 1.29 is 9.90 Å². The molecule has 18 heavy (non-hydrogen) atoms. The zero-order chi connectivity index (χ0) is 12.6. The molecule has 1 aliphatic heterocycles. The molecule has 4 heteroatoms. The van der Waals surface area contributed by atoms with E-state index in [0.717, 1.165) is 5.56 Å². The Morgan fingerprint density at radius 1 is 1.33 bits per heavy atom. The molecular formula is C14H20ClNO2. The van der Waals surface area contributed by atoms with Gasteiger partial charge in [0.1, 0.15) is 6.04 Å². The number of benzene rings is 1. The van der Waals surface area contributed by atoms with Crippen molar-refractivity contribution in [2.45, 2.75) is 45.2 Å². The summed E-state index contributed by atoms with van der Waals surface area (Å²) in [6.45, 7) is 7.21. The van der Waals surface area contributed by atoms with E-state index in [1.165, 1.54) is 11.1 Å². The standard InChI is InChI=1S/C14H19NO2.ClH/c1-14(2,3)11-5-4-9-7-12(13(16)17)15-8-10(9)6-11;/h4-6,12,15H,7-8H2,1-3H3,(H,16,17);1H/t12-;/m0./s1. The van der Waals surface area contributed by atoms with Crippen LogP contribution in [0.15, 0.2) is 18.2 Å². The van der Waals surface area contributed by atoms with Gasteiger partial charge in [-0.05, 0) is 28.5 Å². The van der Waals surface area contributed by atoms with Crippen LogP contribution >= 0.6 is 12.4 Å². The first-order valence-electron chi connectivity index (χ1n) is 5.96. The van der Waals surface area contributed by atoms with Gasteiger partial charge in [0, 0.05) is 6.54 Å². The van der Waals surface area contributed by atoms with Gasteiger partial charge in [-0.25, -0.2) is 0 Å². The molecule has 0 saturated heterocycles. The van der Waals surface area contributed by atoms with Gasteiger partial charge in [0.05, 0.1) is 0 Å². The maximum absolute atomic E-state index is 10.9. The van der Waals surface area contributed by atoms with Gasteiger partial charge in [0.15, 0.2) is 0 Å². The highest BCUT2D eigenvalue weighted by molar-refractivity contribution is 5.85. The fourth-order valence-electron chi connectivity index (χ4n) is 2.16. The molecule has 0 spiro atoms. The number of nitrogens with one attached hydrogen (secondary N) is 1. The Morgan fingerprint density at radius 2 is 2.00 bits per heavy atom. The maximum atomic E-state index is 10.9. The minimum absolute atomic E-state index is 0. The summed E-state index contributed by atoms with van der Waals surface area (Å²) >= 11 is 0. The van der Waals surface area contributed by atoms with Crippen molar-refractivity contribution in [3.05, 3.63) is 34.9 Å². The molecule has 0 unspecified atom stereocenters. The maximum Gasteiger partial charge on any atom is 0.321 e. The average molecular weight is 270 g/mol. The minimum atomic E-state index is -0.768. The highest BCUT2D eigenvalue weighted by atomic mass is 35.5. The van der Waals surface area contributed by atoms with Gasteiger partial charge in [-0.15, -0.1) is 12.4 Å². The predicted molar refractivity (Wildman–Crippen MR) is 74.4 cm³/mol. The van der Waals surface area contributed by atoms with Gasteiger partial charge in [0.25, 0.3) is 0 Å². The quantitative estimate of drug-likeness (QED) is 0.824. The lowest BCUT2D eigenvalue weighted by Crippen LogP contribution is -2.41. The average Bonchev–Trinajstić information content (AvgIpc) is 2.26. The number of fused-ring (bicyclic) bond motifs is 1. The topological polar surface area (TPSA) is 49.3 Å². The van der Waals surface area contributed by atoms with Crippen LogP contribution in [0.1, 0.15) is 37.5 Å². The number of halogens is 1. The number of rotatable bonds is 1. The second kappa shape index (κ2) is 5.29. The van der Waals surface area contributed by atoms with Crippen LogP contribution in [0, 0.1) is 0 Å². The second-order valence-electron chi connectivity index (χ2n) is 5.71. The summed E-state index contributed by atoms with van der Waals surface area (Å²) in [6.07, 6.45) is 0.578. The summed E-state index contributed by atoms with van der Waals surface area (Å²) in [4.78, 5) is 10.9. The van der Waals surface area contributed by atoms with Crippen molar-refractivity contribution in [3.63, 3.8) is 0 Å². The largest absolute Gasteiger partial charge is 0.480 e. The number of carboxylic acids is 1. The molecule has 1 aromatic carbocycles. The summed E-state index contributed by atoms with van der Waals surface area (Å²) in [6, 6.07) is 5.94. The Balaban J connectivity index is 0.00000162. The molecule has 1 atom stereocenters. The Morgan fingerprint density at radius 3 is 2.56 bits per heavy atom. The van der Waals surface area contributed by atoms with Crippen LogP contribution in [0.2, 0.25) is 0 Å². The molecule has 0 aromatic heterocycles. The van der Waals surface area contributed by atoms with Crippen molar-refractivity contribution in [1.29, 1.82) is 0 Å². The molecule has 1 aliphatic rings. The van der Waals surface area contributed by atoms with Gasteiger partial charge < -0.3 is 10.4 Å². The van der Waals surface area contributed by atoms with E-state index in [1.807, 2.05) is 0 Å². The Kier molecular flexibility index (Phi) is 4.41. The zero-order valence-corrected chi connectivity index (χ0v) is 11.8. The second-order valence-corrected chi connectivity index (χ2v) is 5.71. The van der Waals surface area contributed by atoms with E-state index in [2.05, 4.69) is 44.3 Å². The third-order valence-electron chi connectivity index (χ3n) is 3.33. The van der Waals surface area contributed by atoms with Crippen LogP contribution in [0.25, 0.3) is 0 Å². The normalized spacial score (nSPS) is 18.7. The van der Waals surface area contributed by atoms with Crippen LogP contribution in [-0.4, -0.2) is 17.1 Å². The van der Waals surface area contributed by atoms with Crippen molar-refractivity contribution in [2.75, 3.05) is 0 Å². The van der Waals surface area contributed by atoms with E-state index >= 15 is 0 Å². The summed E-state index contributed by atoms with van der Waals surface area (Å²) in [5.74, 6) is -0.768. The third kappa shape index (κ3) is 3.03. The molecule has 1 aromatic rings. The lowest BCUT2D eigenvalue weighted by Gasteiger charge is -2.26. The molecule has 2 rings (SSSR count). The summed E-state index contributed by atoms with van der Waals surface area (Å²) in [7, 11) is 0. The van der Waals surface area contributed by atoms with Crippen LogP contribution in [-0.2, 0) is 23.2 Å². The van der Waals surface area contributed by atoms with E-state index in [1.54, 1.807) is 0 Å². The molecule has 3 nitrogen and oxygen atoms in total. The van der Waals surface area contributed by atoms with Crippen LogP contribution in [0.4, 0.5) is 0 Å². The first-order chi connectivity index (χ1) is 7.88. The van der Waals surface area contributed by atoms with Crippen LogP contribution in [0.5, 0.6) is 0 Å². The summed E-state index contributed by atoms with van der Waals surface area (Å²) < 4.78 is 0. The van der Waals surface area contributed by atoms with Crippen molar-refractivity contribution in [1.82, 2.24) is 5.32 Å². The van der Waals surface area contributed by atoms with Crippen LogP contribution < -0.4 is 5.32 Å². The number of carboxylic acid groups (broad SMARTS) is 1. The summed E-state index contributed by atoms with van der Waals surface area (Å²) in [5, 5.41) is 12.0. The first kappa shape index (κ1) is 15.0. The molecular weight excluding hydrogens is 250 g/mol. The molecule has 100 valence electrons. The van der Waals surface area contributed by atoms with E-state index in [-0.39, 0.29) is 17.8 Å². The van der Waals surface area contributed by atoms with Crippen molar-refractivity contribution in [3.8, 4) is 0 Å².